The number of ether oxygens (including phenoxy) is 3. The van der Waals surface area contributed by atoms with Gasteiger partial charge in [-0.1, -0.05) is 228 Å². The second-order valence-corrected chi connectivity index (χ2v) is 19.2. The van der Waals surface area contributed by atoms with Crippen molar-refractivity contribution in [2.45, 2.75) is 284 Å². The maximum absolute atomic E-state index is 12.9. The number of hydrogen-bond donors (Lipinski definition) is 0. The zero-order valence-electron chi connectivity index (χ0n) is 45.3. The van der Waals surface area contributed by atoms with Gasteiger partial charge in [0.1, 0.15) is 13.2 Å². The quantitative estimate of drug-likeness (QED) is 0.0262. The van der Waals surface area contributed by atoms with E-state index in [1.165, 1.54) is 122 Å². The number of hydrogen-bond acceptors (Lipinski definition) is 6. The van der Waals surface area contributed by atoms with Gasteiger partial charge < -0.3 is 14.2 Å². The molecule has 69 heavy (non-hydrogen) atoms. The molecule has 0 N–H and O–H groups in total. The predicted octanol–water partition coefficient (Wildman–Crippen LogP) is 19.5. The van der Waals surface area contributed by atoms with Crippen LogP contribution < -0.4 is 0 Å². The first-order valence-corrected chi connectivity index (χ1v) is 29.1. The van der Waals surface area contributed by atoms with E-state index >= 15 is 0 Å². The molecule has 0 saturated carbocycles. The second kappa shape index (κ2) is 57.2. The molecule has 0 aromatic carbocycles. The van der Waals surface area contributed by atoms with Crippen LogP contribution in [0.1, 0.15) is 278 Å². The Morgan fingerprint density at radius 3 is 0.913 bits per heavy atom. The number of carbonyl (C=O) groups excluding carboxylic acids is 3. The minimum atomic E-state index is -0.799. The molecule has 0 aromatic rings. The first-order valence-electron chi connectivity index (χ1n) is 29.1. The lowest BCUT2D eigenvalue weighted by Crippen LogP contribution is -2.30. The monoisotopic (exact) mass is 961 g/mol. The summed E-state index contributed by atoms with van der Waals surface area (Å²) >= 11 is 0. The van der Waals surface area contributed by atoms with Gasteiger partial charge in [0, 0.05) is 19.3 Å². The van der Waals surface area contributed by atoms with Gasteiger partial charge in [0.2, 0.25) is 0 Å². The van der Waals surface area contributed by atoms with Crippen molar-refractivity contribution < 1.29 is 28.6 Å². The molecule has 0 spiro atoms. The molecule has 0 aromatic heterocycles. The fourth-order valence-corrected chi connectivity index (χ4v) is 7.99. The molecule has 0 rings (SSSR count). The summed E-state index contributed by atoms with van der Waals surface area (Å²) in [5.41, 5.74) is 0. The topological polar surface area (TPSA) is 78.9 Å². The van der Waals surface area contributed by atoms with Crippen LogP contribution in [0, 0.1) is 0 Å². The van der Waals surface area contributed by atoms with E-state index in [0.29, 0.717) is 19.3 Å². The van der Waals surface area contributed by atoms with Crippen molar-refractivity contribution in [3.63, 3.8) is 0 Å². The van der Waals surface area contributed by atoms with Crippen LogP contribution in [-0.4, -0.2) is 37.2 Å². The molecule has 0 aliphatic heterocycles. The zero-order valence-corrected chi connectivity index (χ0v) is 45.3. The molecule has 1 atom stereocenters. The summed E-state index contributed by atoms with van der Waals surface area (Å²) in [4.78, 5) is 38.2. The molecule has 0 saturated heterocycles. The Kier molecular flexibility index (Phi) is 54.3. The van der Waals surface area contributed by atoms with Crippen LogP contribution in [0.3, 0.4) is 0 Å². The fourth-order valence-electron chi connectivity index (χ4n) is 7.99. The van der Waals surface area contributed by atoms with Gasteiger partial charge in [-0.25, -0.2) is 0 Å². The van der Waals surface area contributed by atoms with Crippen molar-refractivity contribution in [3.05, 3.63) is 85.1 Å². The average Bonchev–Trinajstić information content (AvgIpc) is 3.35. The zero-order chi connectivity index (χ0) is 50.0. The van der Waals surface area contributed by atoms with Crippen LogP contribution in [0.4, 0.5) is 0 Å². The Morgan fingerprint density at radius 1 is 0.304 bits per heavy atom. The first kappa shape index (κ1) is 65.6. The van der Waals surface area contributed by atoms with E-state index in [1.54, 1.807) is 0 Å². The highest BCUT2D eigenvalue weighted by molar-refractivity contribution is 5.71. The second-order valence-electron chi connectivity index (χ2n) is 19.2. The molecule has 0 radical (unpaired) electrons. The van der Waals surface area contributed by atoms with Crippen molar-refractivity contribution in [2.75, 3.05) is 13.2 Å². The third-order valence-electron chi connectivity index (χ3n) is 12.4. The Hall–Kier alpha value is -3.41. The van der Waals surface area contributed by atoms with Crippen molar-refractivity contribution >= 4 is 17.9 Å². The molecule has 1 unspecified atom stereocenters. The van der Waals surface area contributed by atoms with E-state index in [2.05, 4.69) is 106 Å². The fraction of sp³-hybridized carbons (Fsp3) is 0.730. The molecule has 6 nitrogen and oxygen atoms in total. The molecule has 0 amide bonds. The normalized spacial score (nSPS) is 12.7. The van der Waals surface area contributed by atoms with Gasteiger partial charge in [-0.05, 0) is 116 Å². The molecule has 396 valence electrons. The SMILES string of the molecule is CC/C=C\C/C=C\C/C=C\C/C=C\C/C=C\CCCCCC(=O)OCC(COC(=O)CCCCCCC/C=C\CCCCCCCCC)OC(=O)CCCCCCC/C=C\CCCCCCCCC. The summed E-state index contributed by atoms with van der Waals surface area (Å²) in [6, 6.07) is 0. The predicted molar refractivity (Wildman–Crippen MR) is 297 cm³/mol. The first-order chi connectivity index (χ1) is 34.0. The van der Waals surface area contributed by atoms with Crippen molar-refractivity contribution in [1.29, 1.82) is 0 Å². The Balaban J connectivity index is 4.47. The lowest BCUT2D eigenvalue weighted by Gasteiger charge is -2.18. The molecule has 0 fully saturated rings. The maximum Gasteiger partial charge on any atom is 0.306 e. The lowest BCUT2D eigenvalue weighted by atomic mass is 10.1. The van der Waals surface area contributed by atoms with Crippen LogP contribution in [0.15, 0.2) is 85.1 Å². The summed E-state index contributed by atoms with van der Waals surface area (Å²) in [6.07, 6.45) is 74.3. The van der Waals surface area contributed by atoms with E-state index in [0.717, 1.165) is 116 Å². The van der Waals surface area contributed by atoms with Crippen LogP contribution in [0.5, 0.6) is 0 Å². The van der Waals surface area contributed by atoms with Crippen molar-refractivity contribution in [1.82, 2.24) is 0 Å². The molecule has 0 aliphatic rings. The average molecular weight is 962 g/mol. The molecule has 0 bridgehead atoms. The van der Waals surface area contributed by atoms with Gasteiger partial charge in [-0.15, -0.1) is 0 Å². The minimum Gasteiger partial charge on any atom is -0.462 e. The maximum atomic E-state index is 12.9. The molecular weight excluding hydrogens is 853 g/mol. The minimum absolute atomic E-state index is 0.0945. The Bertz CT molecular complexity index is 1330. The number of rotatable bonds is 52. The molecule has 0 heterocycles. The highest BCUT2D eigenvalue weighted by Gasteiger charge is 2.19. The van der Waals surface area contributed by atoms with E-state index in [4.69, 9.17) is 14.2 Å². The lowest BCUT2D eigenvalue weighted by molar-refractivity contribution is -0.167. The molecule has 6 heteroatoms. The van der Waals surface area contributed by atoms with E-state index in [1.807, 2.05) is 0 Å². The summed E-state index contributed by atoms with van der Waals surface area (Å²) in [6.45, 7) is 6.49. The number of allylic oxidation sites excluding steroid dienone is 14. The third-order valence-corrected chi connectivity index (χ3v) is 12.4. The van der Waals surface area contributed by atoms with Crippen molar-refractivity contribution in [3.8, 4) is 0 Å². The van der Waals surface area contributed by atoms with Gasteiger partial charge in [0.25, 0.3) is 0 Å². The Morgan fingerprint density at radius 2 is 0.565 bits per heavy atom. The summed E-state index contributed by atoms with van der Waals surface area (Å²) < 4.78 is 16.8. The number of unbranched alkanes of at least 4 members (excludes halogenated alkanes) is 27. The molecule has 0 aliphatic carbocycles. The highest BCUT2D eigenvalue weighted by Crippen LogP contribution is 2.14. The highest BCUT2D eigenvalue weighted by atomic mass is 16.6. The van der Waals surface area contributed by atoms with Gasteiger partial charge >= 0.3 is 17.9 Å². The van der Waals surface area contributed by atoms with Crippen LogP contribution >= 0.6 is 0 Å². The van der Waals surface area contributed by atoms with E-state index in [-0.39, 0.29) is 31.1 Å². The smallest absolute Gasteiger partial charge is 0.306 e. The number of carbonyl (C=O) groups is 3. The van der Waals surface area contributed by atoms with Crippen LogP contribution in [0.2, 0.25) is 0 Å². The van der Waals surface area contributed by atoms with Gasteiger partial charge in [0.05, 0.1) is 0 Å². The third kappa shape index (κ3) is 55.4. The summed E-state index contributed by atoms with van der Waals surface area (Å²) in [5, 5.41) is 0. The van der Waals surface area contributed by atoms with Gasteiger partial charge in [0.15, 0.2) is 6.10 Å². The van der Waals surface area contributed by atoms with Crippen LogP contribution in [0.25, 0.3) is 0 Å². The van der Waals surface area contributed by atoms with Gasteiger partial charge in [-0.3, -0.25) is 14.4 Å². The standard InChI is InChI=1S/C63H108O6/c1-4-7-10-13-16-19-22-25-28-31-32-33-36-38-41-44-47-50-53-56-62(65)68-59-60(69-63(66)57-54-51-48-45-42-39-35-30-27-24-21-18-15-12-9-6-3)58-67-61(64)55-52-49-46-43-40-37-34-29-26-23-20-17-14-11-8-5-2/h7,10,16,19,25,28-30,32-35,38,41,60H,4-6,8-9,11-15,17-18,20-24,26-27,31,36-37,39-40,42-59H2,1-3H3/b10-7-,19-16-,28-25-,33-32-,34-29-,35-30-,41-38-. The van der Waals surface area contributed by atoms with E-state index in [9.17, 15) is 14.4 Å². The summed E-state index contributed by atoms with van der Waals surface area (Å²) in [5.74, 6) is -0.938. The largest absolute Gasteiger partial charge is 0.462 e. The van der Waals surface area contributed by atoms with Gasteiger partial charge in [-0.2, -0.15) is 0 Å². The number of esters is 3. The van der Waals surface area contributed by atoms with E-state index < -0.39 is 6.10 Å². The summed E-state index contributed by atoms with van der Waals surface area (Å²) in [7, 11) is 0. The van der Waals surface area contributed by atoms with Crippen LogP contribution in [-0.2, 0) is 28.6 Å². The van der Waals surface area contributed by atoms with Crippen molar-refractivity contribution in [2.24, 2.45) is 0 Å². The molecular formula is C63H108O6. The Labute approximate surface area is 426 Å².